The first kappa shape index (κ1) is 11.9. The average Bonchev–Trinajstić information content (AvgIpc) is 2.20. The summed E-state index contributed by atoms with van der Waals surface area (Å²) in [6, 6.07) is 5.29. The van der Waals surface area contributed by atoms with Crippen molar-refractivity contribution < 1.29 is 14.6 Å². The fourth-order valence-corrected chi connectivity index (χ4v) is 1.47. The van der Waals surface area contributed by atoms with Crippen molar-refractivity contribution in [2.24, 2.45) is 5.92 Å². The maximum Gasteiger partial charge on any atom is 0.306 e. The highest BCUT2D eigenvalue weighted by Gasteiger charge is 2.12. The lowest BCUT2D eigenvalue weighted by Crippen LogP contribution is -2.12. The number of carboxylic acids is 1. The van der Waals surface area contributed by atoms with E-state index in [1.807, 2.05) is 6.07 Å². The van der Waals surface area contributed by atoms with Crippen molar-refractivity contribution in [3.63, 3.8) is 0 Å². The summed E-state index contributed by atoms with van der Waals surface area (Å²) >= 11 is 5.85. The van der Waals surface area contributed by atoms with Crippen molar-refractivity contribution in [3.05, 3.63) is 28.8 Å². The van der Waals surface area contributed by atoms with Crippen LogP contribution in [0, 0.1) is 5.92 Å². The number of hydrogen-bond acceptors (Lipinski definition) is 2. The van der Waals surface area contributed by atoms with E-state index in [4.69, 9.17) is 21.4 Å². The van der Waals surface area contributed by atoms with Gasteiger partial charge < -0.3 is 9.84 Å². The minimum Gasteiger partial charge on any atom is -0.495 e. The third-order valence-electron chi connectivity index (χ3n) is 2.18. The van der Waals surface area contributed by atoms with E-state index in [0.717, 1.165) is 5.56 Å². The number of aliphatic carboxylic acids is 1. The van der Waals surface area contributed by atoms with Gasteiger partial charge >= 0.3 is 5.97 Å². The molecule has 0 aliphatic rings. The summed E-state index contributed by atoms with van der Waals surface area (Å²) in [6.07, 6.45) is 0.475. The monoisotopic (exact) mass is 228 g/mol. The van der Waals surface area contributed by atoms with Gasteiger partial charge in [0.25, 0.3) is 0 Å². The molecular formula is C11H13ClO3. The number of carbonyl (C=O) groups is 1. The summed E-state index contributed by atoms with van der Waals surface area (Å²) in [4.78, 5) is 10.7. The molecule has 4 heteroatoms. The molecule has 0 saturated heterocycles. The average molecular weight is 229 g/mol. The molecule has 1 N–H and O–H groups in total. The van der Waals surface area contributed by atoms with Gasteiger partial charge in [0.1, 0.15) is 5.75 Å². The Bertz CT molecular complexity index is 363. The first-order valence-electron chi connectivity index (χ1n) is 4.59. The normalized spacial score (nSPS) is 12.2. The molecule has 0 spiro atoms. The van der Waals surface area contributed by atoms with Gasteiger partial charge in [0.15, 0.2) is 0 Å². The Balaban J connectivity index is 2.83. The zero-order valence-electron chi connectivity index (χ0n) is 8.66. The van der Waals surface area contributed by atoms with Gasteiger partial charge in [-0.2, -0.15) is 0 Å². The van der Waals surface area contributed by atoms with E-state index in [2.05, 4.69) is 0 Å². The molecular weight excluding hydrogens is 216 g/mol. The largest absolute Gasteiger partial charge is 0.495 e. The van der Waals surface area contributed by atoms with Crippen LogP contribution >= 0.6 is 11.6 Å². The minimum atomic E-state index is -0.802. The summed E-state index contributed by atoms with van der Waals surface area (Å²) < 4.78 is 5.05. The maximum atomic E-state index is 10.7. The van der Waals surface area contributed by atoms with Gasteiger partial charge in [-0.15, -0.1) is 0 Å². The van der Waals surface area contributed by atoms with Crippen molar-refractivity contribution in [1.82, 2.24) is 0 Å². The van der Waals surface area contributed by atoms with Crippen LogP contribution in [0.5, 0.6) is 5.75 Å². The third-order valence-corrected chi connectivity index (χ3v) is 2.49. The van der Waals surface area contributed by atoms with Crippen LogP contribution in [-0.4, -0.2) is 18.2 Å². The highest BCUT2D eigenvalue weighted by Crippen LogP contribution is 2.26. The van der Waals surface area contributed by atoms with Gasteiger partial charge in [0, 0.05) is 0 Å². The number of ether oxygens (including phenoxy) is 1. The number of rotatable bonds is 4. The van der Waals surface area contributed by atoms with E-state index in [1.54, 1.807) is 19.1 Å². The molecule has 1 unspecified atom stereocenters. The van der Waals surface area contributed by atoms with Crippen molar-refractivity contribution in [2.45, 2.75) is 13.3 Å². The van der Waals surface area contributed by atoms with Crippen LogP contribution in [0.25, 0.3) is 0 Å². The van der Waals surface area contributed by atoms with Crippen molar-refractivity contribution >= 4 is 17.6 Å². The Kier molecular flexibility index (Phi) is 3.97. The number of benzene rings is 1. The molecule has 0 bridgehead atoms. The summed E-state index contributed by atoms with van der Waals surface area (Å²) in [5, 5.41) is 9.30. The molecule has 0 radical (unpaired) electrons. The molecule has 0 aliphatic carbocycles. The highest BCUT2D eigenvalue weighted by atomic mass is 35.5. The first-order chi connectivity index (χ1) is 7.04. The van der Waals surface area contributed by atoms with Crippen LogP contribution in [0.2, 0.25) is 5.02 Å². The Labute approximate surface area is 93.6 Å². The molecule has 1 aromatic rings. The second kappa shape index (κ2) is 5.03. The summed E-state index contributed by atoms with van der Waals surface area (Å²) in [7, 11) is 1.53. The van der Waals surface area contributed by atoms with Gasteiger partial charge in [-0.25, -0.2) is 0 Å². The van der Waals surface area contributed by atoms with Gasteiger partial charge in [0.2, 0.25) is 0 Å². The predicted molar refractivity (Wildman–Crippen MR) is 58.5 cm³/mol. The fourth-order valence-electron chi connectivity index (χ4n) is 1.27. The Morgan fingerprint density at radius 3 is 2.80 bits per heavy atom. The van der Waals surface area contributed by atoms with E-state index in [1.165, 1.54) is 7.11 Å². The van der Waals surface area contributed by atoms with E-state index < -0.39 is 11.9 Å². The smallest absolute Gasteiger partial charge is 0.306 e. The van der Waals surface area contributed by atoms with E-state index in [0.29, 0.717) is 17.2 Å². The fraction of sp³-hybridized carbons (Fsp3) is 0.364. The standard InChI is InChI=1S/C11H13ClO3/c1-7(11(13)14)5-8-3-4-9(12)10(6-8)15-2/h3-4,6-7H,5H2,1-2H3,(H,13,14). The van der Waals surface area contributed by atoms with Gasteiger partial charge in [0.05, 0.1) is 18.1 Å². The molecule has 1 rings (SSSR count). The zero-order valence-corrected chi connectivity index (χ0v) is 9.41. The summed E-state index contributed by atoms with van der Waals surface area (Å²) in [6.45, 7) is 1.67. The number of carboxylic acid groups (broad SMARTS) is 1. The lowest BCUT2D eigenvalue weighted by atomic mass is 10.0. The maximum absolute atomic E-state index is 10.7. The molecule has 0 aromatic heterocycles. The SMILES string of the molecule is COc1cc(CC(C)C(=O)O)ccc1Cl. The summed E-state index contributed by atoms with van der Waals surface area (Å²) in [5.41, 5.74) is 0.908. The topological polar surface area (TPSA) is 46.5 Å². The molecule has 0 amide bonds. The third kappa shape index (κ3) is 3.13. The minimum absolute atomic E-state index is 0.407. The van der Waals surface area contributed by atoms with Crippen molar-refractivity contribution in [3.8, 4) is 5.75 Å². The lowest BCUT2D eigenvalue weighted by Gasteiger charge is -2.08. The van der Waals surface area contributed by atoms with Crippen LogP contribution in [-0.2, 0) is 11.2 Å². The molecule has 0 heterocycles. The van der Waals surface area contributed by atoms with E-state index in [-0.39, 0.29) is 0 Å². The van der Waals surface area contributed by atoms with Gasteiger partial charge in [-0.3, -0.25) is 4.79 Å². The van der Waals surface area contributed by atoms with Crippen molar-refractivity contribution in [2.75, 3.05) is 7.11 Å². The molecule has 1 aromatic carbocycles. The number of methoxy groups -OCH3 is 1. The molecule has 1 atom stereocenters. The quantitative estimate of drug-likeness (QED) is 0.862. The first-order valence-corrected chi connectivity index (χ1v) is 4.97. The molecule has 0 fully saturated rings. The van der Waals surface area contributed by atoms with Crippen LogP contribution < -0.4 is 4.74 Å². The molecule has 15 heavy (non-hydrogen) atoms. The Morgan fingerprint density at radius 1 is 1.60 bits per heavy atom. The second-order valence-corrected chi connectivity index (χ2v) is 3.82. The highest BCUT2D eigenvalue weighted by molar-refractivity contribution is 6.32. The predicted octanol–water partition coefficient (Wildman–Crippen LogP) is 2.61. The number of halogens is 1. The van der Waals surface area contributed by atoms with Crippen LogP contribution in [0.1, 0.15) is 12.5 Å². The van der Waals surface area contributed by atoms with Crippen LogP contribution in [0.4, 0.5) is 0 Å². The molecule has 0 aliphatic heterocycles. The van der Waals surface area contributed by atoms with Crippen LogP contribution in [0.15, 0.2) is 18.2 Å². The molecule has 0 saturated carbocycles. The molecule has 3 nitrogen and oxygen atoms in total. The van der Waals surface area contributed by atoms with E-state index in [9.17, 15) is 4.79 Å². The van der Waals surface area contributed by atoms with Crippen LogP contribution in [0.3, 0.4) is 0 Å². The number of hydrogen-bond donors (Lipinski definition) is 1. The van der Waals surface area contributed by atoms with E-state index >= 15 is 0 Å². The van der Waals surface area contributed by atoms with Crippen molar-refractivity contribution in [1.29, 1.82) is 0 Å². The van der Waals surface area contributed by atoms with Gasteiger partial charge in [-0.1, -0.05) is 24.6 Å². The lowest BCUT2D eigenvalue weighted by molar-refractivity contribution is -0.141. The second-order valence-electron chi connectivity index (χ2n) is 3.41. The summed E-state index contributed by atoms with van der Waals surface area (Å²) in [5.74, 6) is -0.633. The Hall–Kier alpha value is -1.22. The zero-order chi connectivity index (χ0) is 11.4. The van der Waals surface area contributed by atoms with Gasteiger partial charge in [-0.05, 0) is 24.1 Å². The Morgan fingerprint density at radius 2 is 2.27 bits per heavy atom. The molecule has 82 valence electrons.